The molecule has 0 fully saturated rings. The van der Waals surface area contributed by atoms with Gasteiger partial charge in [-0.05, 0) is 18.5 Å². The molecule has 0 saturated carbocycles. The van der Waals surface area contributed by atoms with Crippen molar-refractivity contribution in [1.29, 1.82) is 0 Å². The van der Waals surface area contributed by atoms with Gasteiger partial charge in [0.05, 0.1) is 13.2 Å². The fraction of sp³-hybridized carbons (Fsp3) is 0.467. The topological polar surface area (TPSA) is 21.3 Å². The summed E-state index contributed by atoms with van der Waals surface area (Å²) in [5, 5.41) is 3.39. The number of benzene rings is 1. The molecule has 0 amide bonds. The molecule has 0 bridgehead atoms. The highest BCUT2D eigenvalue weighted by molar-refractivity contribution is 5.13. The van der Waals surface area contributed by atoms with Crippen molar-refractivity contribution in [2.24, 2.45) is 0 Å². The van der Waals surface area contributed by atoms with E-state index >= 15 is 0 Å². The second-order valence-corrected chi connectivity index (χ2v) is 4.06. The van der Waals surface area contributed by atoms with Crippen molar-refractivity contribution in [3.05, 3.63) is 35.9 Å². The lowest BCUT2D eigenvalue weighted by Crippen LogP contribution is -2.33. The minimum absolute atomic E-state index is 0.267. The van der Waals surface area contributed by atoms with E-state index in [-0.39, 0.29) is 6.04 Å². The smallest absolute Gasteiger partial charge is 0.0717 e. The molecule has 2 nitrogen and oxygen atoms in total. The normalized spacial score (nSPS) is 12.0. The molecule has 1 rings (SSSR count). The van der Waals surface area contributed by atoms with Crippen molar-refractivity contribution >= 4 is 0 Å². The summed E-state index contributed by atoms with van der Waals surface area (Å²) < 4.78 is 5.67. The summed E-state index contributed by atoms with van der Waals surface area (Å²) in [4.78, 5) is 0. The lowest BCUT2D eigenvalue weighted by Gasteiger charge is -2.16. The van der Waals surface area contributed by atoms with Crippen molar-refractivity contribution < 1.29 is 4.74 Å². The Bertz CT molecular complexity index is 329. The van der Waals surface area contributed by atoms with Crippen LogP contribution < -0.4 is 5.32 Å². The quantitative estimate of drug-likeness (QED) is 0.694. The Morgan fingerprint density at radius 1 is 1.35 bits per heavy atom. The van der Waals surface area contributed by atoms with Gasteiger partial charge in [0.15, 0.2) is 0 Å². The molecule has 1 unspecified atom stereocenters. The van der Waals surface area contributed by atoms with Gasteiger partial charge in [-0.25, -0.2) is 0 Å². The van der Waals surface area contributed by atoms with Gasteiger partial charge in [-0.1, -0.05) is 37.3 Å². The van der Waals surface area contributed by atoms with Gasteiger partial charge in [-0.3, -0.25) is 0 Å². The van der Waals surface area contributed by atoms with E-state index in [1.165, 1.54) is 5.56 Å². The maximum atomic E-state index is 5.67. The van der Waals surface area contributed by atoms with E-state index in [0.29, 0.717) is 13.2 Å². The predicted molar refractivity (Wildman–Crippen MR) is 71.6 cm³/mol. The van der Waals surface area contributed by atoms with Gasteiger partial charge in [0.1, 0.15) is 0 Å². The number of hydrogen-bond donors (Lipinski definition) is 1. The third-order valence-corrected chi connectivity index (χ3v) is 2.48. The number of hydrogen-bond acceptors (Lipinski definition) is 2. The molecule has 0 radical (unpaired) electrons. The van der Waals surface area contributed by atoms with Crippen LogP contribution in [0.1, 0.15) is 25.3 Å². The molecule has 92 valence electrons. The average Bonchev–Trinajstić information content (AvgIpc) is 2.37. The SMILES string of the molecule is C#CCC(COCc1ccccc1)NCCC. The summed E-state index contributed by atoms with van der Waals surface area (Å²) in [5.74, 6) is 2.68. The van der Waals surface area contributed by atoms with Gasteiger partial charge in [0.25, 0.3) is 0 Å². The molecule has 2 heteroatoms. The molecule has 1 aromatic rings. The summed E-state index contributed by atoms with van der Waals surface area (Å²) in [6.45, 7) is 4.45. The molecule has 0 spiro atoms. The van der Waals surface area contributed by atoms with Crippen molar-refractivity contribution in [3.8, 4) is 12.3 Å². The average molecular weight is 231 g/mol. The Morgan fingerprint density at radius 3 is 2.76 bits per heavy atom. The van der Waals surface area contributed by atoms with Gasteiger partial charge < -0.3 is 10.1 Å². The molecule has 1 aromatic carbocycles. The summed E-state index contributed by atoms with van der Waals surface area (Å²) in [7, 11) is 0. The van der Waals surface area contributed by atoms with Gasteiger partial charge in [-0.2, -0.15) is 0 Å². The lowest BCUT2D eigenvalue weighted by atomic mass is 10.2. The first kappa shape index (κ1) is 13.8. The number of ether oxygens (including phenoxy) is 1. The van der Waals surface area contributed by atoms with E-state index in [9.17, 15) is 0 Å². The standard InChI is InChI=1S/C15H21NO/c1-3-8-15(16-11-4-2)13-17-12-14-9-6-5-7-10-14/h1,5-7,9-10,15-16H,4,8,11-13H2,2H3. The van der Waals surface area contributed by atoms with Gasteiger partial charge in [0, 0.05) is 12.5 Å². The minimum Gasteiger partial charge on any atom is -0.375 e. The van der Waals surface area contributed by atoms with E-state index in [0.717, 1.165) is 19.4 Å². The Hall–Kier alpha value is -1.30. The van der Waals surface area contributed by atoms with Crippen LogP contribution in [0.15, 0.2) is 30.3 Å². The van der Waals surface area contributed by atoms with Crippen molar-refractivity contribution in [2.45, 2.75) is 32.4 Å². The highest BCUT2D eigenvalue weighted by Crippen LogP contribution is 2.02. The van der Waals surface area contributed by atoms with Crippen LogP contribution >= 0.6 is 0 Å². The zero-order valence-corrected chi connectivity index (χ0v) is 10.5. The molecular formula is C15H21NO. The molecular weight excluding hydrogens is 210 g/mol. The van der Waals surface area contributed by atoms with E-state index in [1.807, 2.05) is 18.2 Å². The number of terminal acetylenes is 1. The zero-order chi connectivity index (χ0) is 12.3. The van der Waals surface area contributed by atoms with Crippen LogP contribution in [-0.2, 0) is 11.3 Å². The lowest BCUT2D eigenvalue weighted by molar-refractivity contribution is 0.0997. The summed E-state index contributed by atoms with van der Waals surface area (Å²) >= 11 is 0. The number of rotatable bonds is 8. The van der Waals surface area contributed by atoms with Gasteiger partial charge in [-0.15, -0.1) is 12.3 Å². The van der Waals surface area contributed by atoms with Gasteiger partial charge in [0.2, 0.25) is 0 Å². The Morgan fingerprint density at radius 2 is 2.12 bits per heavy atom. The minimum atomic E-state index is 0.267. The van der Waals surface area contributed by atoms with E-state index in [1.54, 1.807) is 0 Å². The fourth-order valence-corrected chi connectivity index (χ4v) is 1.57. The molecule has 0 aliphatic rings. The highest BCUT2D eigenvalue weighted by Gasteiger charge is 2.05. The van der Waals surface area contributed by atoms with Crippen LogP contribution in [0.3, 0.4) is 0 Å². The predicted octanol–water partition coefficient (Wildman–Crippen LogP) is 2.59. The van der Waals surface area contributed by atoms with Crippen LogP contribution in [-0.4, -0.2) is 19.2 Å². The molecule has 0 aliphatic carbocycles. The van der Waals surface area contributed by atoms with Gasteiger partial charge >= 0.3 is 0 Å². The zero-order valence-electron chi connectivity index (χ0n) is 10.5. The maximum absolute atomic E-state index is 5.67. The van der Waals surface area contributed by atoms with Crippen LogP contribution in [0.4, 0.5) is 0 Å². The highest BCUT2D eigenvalue weighted by atomic mass is 16.5. The molecule has 0 aliphatic heterocycles. The van der Waals surface area contributed by atoms with E-state index < -0.39 is 0 Å². The van der Waals surface area contributed by atoms with Crippen molar-refractivity contribution in [1.82, 2.24) is 5.32 Å². The van der Waals surface area contributed by atoms with E-state index in [4.69, 9.17) is 11.2 Å². The first-order valence-electron chi connectivity index (χ1n) is 6.15. The number of nitrogens with one attached hydrogen (secondary N) is 1. The molecule has 1 N–H and O–H groups in total. The van der Waals surface area contributed by atoms with Crippen molar-refractivity contribution in [2.75, 3.05) is 13.2 Å². The van der Waals surface area contributed by atoms with Crippen LogP contribution in [0.2, 0.25) is 0 Å². The second kappa shape index (κ2) is 8.81. The Labute approximate surface area is 104 Å². The fourth-order valence-electron chi connectivity index (χ4n) is 1.57. The third kappa shape index (κ3) is 6.11. The van der Waals surface area contributed by atoms with Crippen LogP contribution in [0.5, 0.6) is 0 Å². The summed E-state index contributed by atoms with van der Waals surface area (Å²) in [5.41, 5.74) is 1.20. The summed E-state index contributed by atoms with van der Waals surface area (Å²) in [6, 6.07) is 10.4. The summed E-state index contributed by atoms with van der Waals surface area (Å²) in [6.07, 6.45) is 7.17. The monoisotopic (exact) mass is 231 g/mol. The Balaban J connectivity index is 2.24. The third-order valence-electron chi connectivity index (χ3n) is 2.48. The largest absolute Gasteiger partial charge is 0.375 e. The molecule has 17 heavy (non-hydrogen) atoms. The Kier molecular flexibility index (Phi) is 7.13. The molecule has 1 atom stereocenters. The van der Waals surface area contributed by atoms with Crippen molar-refractivity contribution in [3.63, 3.8) is 0 Å². The first-order chi connectivity index (χ1) is 8.36. The van der Waals surface area contributed by atoms with Crippen LogP contribution in [0.25, 0.3) is 0 Å². The van der Waals surface area contributed by atoms with Crippen LogP contribution in [0, 0.1) is 12.3 Å². The molecule has 0 heterocycles. The van der Waals surface area contributed by atoms with E-state index in [2.05, 4.69) is 30.3 Å². The maximum Gasteiger partial charge on any atom is 0.0717 e. The molecule has 0 saturated heterocycles. The first-order valence-corrected chi connectivity index (χ1v) is 6.15. The second-order valence-electron chi connectivity index (χ2n) is 4.06. The molecule has 0 aromatic heterocycles.